The maximum atomic E-state index is 12.1. The molecule has 0 amide bonds. The lowest BCUT2D eigenvalue weighted by Gasteiger charge is -2.33. The normalized spacial score (nSPS) is 18.3. The summed E-state index contributed by atoms with van der Waals surface area (Å²) >= 11 is 0. The number of carboxylic acids is 1. The number of H-pyrrole nitrogens is 1. The maximum absolute atomic E-state index is 12.1. The van der Waals surface area contributed by atoms with Gasteiger partial charge in [-0.2, -0.15) is 0 Å². The van der Waals surface area contributed by atoms with Crippen LogP contribution in [0.5, 0.6) is 0 Å². The molecule has 244 valence electrons. The number of fused-ring (bicyclic) bond motifs is 1. The Labute approximate surface area is 267 Å². The Balaban J connectivity index is 1.53. The van der Waals surface area contributed by atoms with E-state index in [4.69, 9.17) is 10.8 Å². The summed E-state index contributed by atoms with van der Waals surface area (Å²) < 4.78 is 0. The van der Waals surface area contributed by atoms with Crippen LogP contribution in [0.25, 0.3) is 10.8 Å². The summed E-state index contributed by atoms with van der Waals surface area (Å²) in [5.41, 5.74) is 8.04. The molecule has 8 N–H and O–H groups in total. The predicted octanol–water partition coefficient (Wildman–Crippen LogP) is 6.06. The number of guanidine groups is 1. The first-order valence-electron chi connectivity index (χ1n) is 16.6. The molecular weight excluding hydrogens is 566 g/mol. The number of carboxylic acid groups (broad SMARTS) is 1. The van der Waals surface area contributed by atoms with E-state index in [0.29, 0.717) is 24.3 Å². The molecule has 1 aromatic heterocycles. The van der Waals surface area contributed by atoms with Crippen molar-refractivity contribution >= 4 is 28.5 Å². The van der Waals surface area contributed by atoms with Gasteiger partial charge in [0.25, 0.3) is 0 Å². The number of aliphatic hydroxyl groups is 2. The van der Waals surface area contributed by atoms with E-state index < -0.39 is 12.0 Å². The second-order valence-electron chi connectivity index (χ2n) is 12.3. The largest absolute Gasteiger partial charge is 0.478 e. The van der Waals surface area contributed by atoms with E-state index in [1.165, 1.54) is 54.5 Å². The molecule has 2 aromatic carbocycles. The summed E-state index contributed by atoms with van der Waals surface area (Å²) in [5, 5.41) is 37.8. The number of benzene rings is 2. The second kappa shape index (κ2) is 18.2. The van der Waals surface area contributed by atoms with Crippen LogP contribution in [0.15, 0.2) is 77.4 Å². The van der Waals surface area contributed by atoms with E-state index in [9.17, 15) is 15.0 Å². The van der Waals surface area contributed by atoms with Gasteiger partial charge >= 0.3 is 5.97 Å². The van der Waals surface area contributed by atoms with Crippen LogP contribution in [0.2, 0.25) is 0 Å². The van der Waals surface area contributed by atoms with Crippen LogP contribution in [-0.2, 0) is 4.79 Å². The van der Waals surface area contributed by atoms with Crippen molar-refractivity contribution in [2.45, 2.75) is 101 Å². The van der Waals surface area contributed by atoms with Gasteiger partial charge in [0.15, 0.2) is 5.96 Å². The third-order valence-corrected chi connectivity index (χ3v) is 8.89. The standard InChI is InChI=1S/C36H51N5O4/c37-36-39-30(25-43)23-33(41-36)31(24-35(44)45)32(40-34-15-11-20-38-34)19-18-27(12-7-5-3-1-2-4-6-10-21-42)29-17-16-26-13-8-9-14-28(26)22-29/h8-9,11,13-17,20,22,24,27,30,32-33,38,40,42-43H,1-7,10,12,18-19,21,23,25H2,(H,44,45)(H3,37,39,41). The number of aliphatic carboxylic acids is 1. The Kier molecular flexibility index (Phi) is 13.8. The van der Waals surface area contributed by atoms with Gasteiger partial charge in [0, 0.05) is 18.9 Å². The number of nitrogens with two attached hydrogens (primary N) is 1. The van der Waals surface area contributed by atoms with E-state index >= 15 is 0 Å². The molecule has 0 bridgehead atoms. The van der Waals surface area contributed by atoms with Gasteiger partial charge < -0.3 is 36.7 Å². The quantitative estimate of drug-likeness (QED) is 0.0600. The van der Waals surface area contributed by atoms with Crippen molar-refractivity contribution in [2.24, 2.45) is 10.7 Å². The van der Waals surface area contributed by atoms with Crippen molar-refractivity contribution in [3.63, 3.8) is 0 Å². The maximum Gasteiger partial charge on any atom is 0.328 e. The van der Waals surface area contributed by atoms with Crippen LogP contribution in [0.3, 0.4) is 0 Å². The average molecular weight is 618 g/mol. The Morgan fingerprint density at radius 3 is 2.36 bits per heavy atom. The van der Waals surface area contributed by atoms with Gasteiger partial charge in [-0.15, -0.1) is 0 Å². The lowest BCUT2D eigenvalue weighted by molar-refractivity contribution is -0.131. The molecule has 9 nitrogen and oxygen atoms in total. The molecule has 2 heterocycles. The molecule has 45 heavy (non-hydrogen) atoms. The fraction of sp³-hybridized carbons (Fsp3) is 0.500. The Morgan fingerprint density at radius 2 is 1.67 bits per heavy atom. The first kappa shape index (κ1) is 34.1. The van der Waals surface area contributed by atoms with Crippen LogP contribution in [0.4, 0.5) is 5.82 Å². The zero-order valence-corrected chi connectivity index (χ0v) is 26.3. The van der Waals surface area contributed by atoms with Crippen molar-refractivity contribution in [1.29, 1.82) is 0 Å². The number of hydrogen-bond donors (Lipinski definition) is 7. The van der Waals surface area contributed by atoms with Crippen LogP contribution >= 0.6 is 0 Å². The number of nitrogens with one attached hydrogen (secondary N) is 3. The molecule has 1 aliphatic rings. The van der Waals surface area contributed by atoms with Crippen molar-refractivity contribution in [1.82, 2.24) is 10.3 Å². The highest BCUT2D eigenvalue weighted by Gasteiger charge is 2.30. The number of rotatable bonds is 20. The van der Waals surface area contributed by atoms with Crippen molar-refractivity contribution in [3.05, 3.63) is 78.0 Å². The number of anilines is 1. The van der Waals surface area contributed by atoms with E-state index in [0.717, 1.165) is 37.9 Å². The third-order valence-electron chi connectivity index (χ3n) is 8.89. The SMILES string of the molecule is NC1=NC(C(=CC(=O)O)C(CCC(CCCCCCCCCCO)c2ccc3ccccc3c2)Nc2ccc[nH]2)CC(CO)N1. The number of aromatic amines is 1. The number of aliphatic hydroxyl groups excluding tert-OH is 2. The molecule has 4 unspecified atom stereocenters. The van der Waals surface area contributed by atoms with Crippen molar-refractivity contribution in [2.75, 3.05) is 18.5 Å². The van der Waals surface area contributed by atoms with E-state index in [1.807, 2.05) is 18.3 Å². The number of carbonyl (C=O) groups is 1. The molecule has 3 aromatic rings. The summed E-state index contributed by atoms with van der Waals surface area (Å²) in [5.74, 6) is 0.299. The van der Waals surface area contributed by atoms with Gasteiger partial charge in [-0.25, -0.2) is 9.79 Å². The fourth-order valence-corrected chi connectivity index (χ4v) is 6.50. The molecule has 0 fully saturated rings. The lowest BCUT2D eigenvalue weighted by atomic mass is 9.84. The molecule has 0 saturated heterocycles. The molecule has 0 spiro atoms. The summed E-state index contributed by atoms with van der Waals surface area (Å²) in [6.45, 7) is 0.169. The third kappa shape index (κ3) is 10.9. The molecule has 9 heteroatoms. The predicted molar refractivity (Wildman–Crippen MR) is 183 cm³/mol. The Hall–Kier alpha value is -3.82. The van der Waals surface area contributed by atoms with Gasteiger partial charge in [-0.3, -0.25) is 0 Å². The minimum absolute atomic E-state index is 0.117. The molecule has 0 aliphatic carbocycles. The lowest BCUT2D eigenvalue weighted by Crippen LogP contribution is -2.49. The highest BCUT2D eigenvalue weighted by Crippen LogP contribution is 2.33. The summed E-state index contributed by atoms with van der Waals surface area (Å²) in [6, 6.07) is 18.0. The first-order chi connectivity index (χ1) is 22.0. The molecule has 0 saturated carbocycles. The van der Waals surface area contributed by atoms with Crippen molar-refractivity contribution in [3.8, 4) is 0 Å². The second-order valence-corrected chi connectivity index (χ2v) is 12.3. The van der Waals surface area contributed by atoms with Gasteiger partial charge in [-0.1, -0.05) is 87.4 Å². The zero-order valence-electron chi connectivity index (χ0n) is 26.3. The smallest absolute Gasteiger partial charge is 0.328 e. The molecule has 0 radical (unpaired) electrons. The van der Waals surface area contributed by atoms with Crippen LogP contribution in [0.1, 0.15) is 88.5 Å². The number of unbranched alkanes of at least 4 members (excludes halogenated alkanes) is 7. The number of aromatic nitrogens is 1. The monoisotopic (exact) mass is 617 g/mol. The highest BCUT2D eigenvalue weighted by molar-refractivity contribution is 5.83. The first-order valence-corrected chi connectivity index (χ1v) is 16.6. The summed E-state index contributed by atoms with van der Waals surface area (Å²) in [7, 11) is 0. The number of hydrogen-bond acceptors (Lipinski definition) is 7. The Morgan fingerprint density at radius 1 is 0.933 bits per heavy atom. The minimum Gasteiger partial charge on any atom is -0.478 e. The zero-order chi connectivity index (χ0) is 31.9. The van der Waals surface area contributed by atoms with E-state index in [-0.39, 0.29) is 31.3 Å². The fourth-order valence-electron chi connectivity index (χ4n) is 6.50. The van der Waals surface area contributed by atoms with Crippen LogP contribution in [0, 0.1) is 0 Å². The molecule has 4 atom stereocenters. The van der Waals surface area contributed by atoms with Gasteiger partial charge in [0.2, 0.25) is 0 Å². The van der Waals surface area contributed by atoms with E-state index in [2.05, 4.69) is 63.1 Å². The van der Waals surface area contributed by atoms with E-state index in [1.54, 1.807) is 0 Å². The van der Waals surface area contributed by atoms with Gasteiger partial charge in [-0.05, 0) is 72.1 Å². The average Bonchev–Trinajstić information content (AvgIpc) is 3.56. The molecule has 4 rings (SSSR count). The molecular formula is C36H51N5O4. The summed E-state index contributed by atoms with van der Waals surface area (Å²) in [4.78, 5) is 19.9. The van der Waals surface area contributed by atoms with Crippen molar-refractivity contribution < 1.29 is 20.1 Å². The topological polar surface area (TPSA) is 156 Å². The van der Waals surface area contributed by atoms with Gasteiger partial charge in [0.05, 0.1) is 24.7 Å². The van der Waals surface area contributed by atoms with Crippen LogP contribution < -0.4 is 16.4 Å². The summed E-state index contributed by atoms with van der Waals surface area (Å²) in [6.07, 6.45) is 15.4. The molecule has 1 aliphatic heterocycles. The van der Waals surface area contributed by atoms with Crippen LogP contribution in [-0.4, -0.2) is 63.6 Å². The Bertz CT molecular complexity index is 1370. The van der Waals surface area contributed by atoms with Gasteiger partial charge in [0.1, 0.15) is 5.82 Å². The highest BCUT2D eigenvalue weighted by atomic mass is 16.4. The minimum atomic E-state index is -1.03. The number of aliphatic imine (C=N–C) groups is 1. The number of nitrogens with zero attached hydrogens (tertiary/aromatic N) is 1.